The summed E-state index contributed by atoms with van der Waals surface area (Å²) in [7, 11) is 2.07. The van der Waals surface area contributed by atoms with Crippen LogP contribution < -0.4 is 9.62 Å². The first-order valence-electron chi connectivity index (χ1n) is 9.48. The first kappa shape index (κ1) is 17.4. The van der Waals surface area contributed by atoms with Gasteiger partial charge in [0.05, 0.1) is 0 Å². The van der Waals surface area contributed by atoms with Crippen molar-refractivity contribution in [2.45, 2.75) is 0 Å². The number of anilines is 2. The Balaban J connectivity index is 1.36. The summed E-state index contributed by atoms with van der Waals surface area (Å²) < 4.78 is 0. The average molecular weight is 377 g/mol. The van der Waals surface area contributed by atoms with Gasteiger partial charge in [0.2, 0.25) is 0 Å². The minimum Gasteiger partial charge on any atom is -0.382 e. The first-order chi connectivity index (χ1) is 14.4. The van der Waals surface area contributed by atoms with Gasteiger partial charge in [-0.25, -0.2) is 9.97 Å². The molecule has 139 valence electrons. The van der Waals surface area contributed by atoms with E-state index in [9.17, 15) is 0 Å². The van der Waals surface area contributed by atoms with Crippen LogP contribution in [-0.4, -0.2) is 40.6 Å². The summed E-state index contributed by atoms with van der Waals surface area (Å²) in [5.74, 6) is 1.83. The second kappa shape index (κ2) is 7.71. The third-order valence-corrected chi connectivity index (χ3v) is 4.93. The van der Waals surface area contributed by atoms with Crippen LogP contribution in [0.5, 0.6) is 0 Å². The van der Waals surface area contributed by atoms with E-state index in [4.69, 9.17) is 0 Å². The highest BCUT2D eigenvalue weighted by Gasteiger charge is 2.25. The lowest BCUT2D eigenvalue weighted by Gasteiger charge is -2.18. The largest absolute Gasteiger partial charge is 0.394 e. The van der Waals surface area contributed by atoms with Crippen LogP contribution in [-0.2, 0) is 0 Å². The highest BCUT2D eigenvalue weighted by molar-refractivity contribution is 6.48. The Morgan fingerprint density at radius 2 is 1.14 bits per heavy atom. The molecule has 4 aromatic heterocycles. The Morgan fingerprint density at radius 3 is 1.59 bits per heavy atom. The fraction of sp³-hybridized carbons (Fsp3) is 0.0909. The summed E-state index contributed by atoms with van der Waals surface area (Å²) in [6.45, 7) is 1.70. The van der Waals surface area contributed by atoms with Crippen molar-refractivity contribution in [1.29, 1.82) is 0 Å². The predicted molar refractivity (Wildman–Crippen MR) is 115 cm³/mol. The summed E-state index contributed by atoms with van der Waals surface area (Å²) in [4.78, 5) is 21.8. The third kappa shape index (κ3) is 3.67. The second-order valence-electron chi connectivity index (χ2n) is 6.79. The van der Waals surface area contributed by atoms with Crippen LogP contribution in [0, 0.1) is 0 Å². The number of aromatic nitrogens is 4. The van der Waals surface area contributed by atoms with E-state index in [0.29, 0.717) is 0 Å². The number of hydrogen-bond donors (Lipinski definition) is 0. The molecule has 0 saturated carbocycles. The Labute approximate surface area is 170 Å². The van der Waals surface area contributed by atoms with Gasteiger partial charge >= 0.3 is 7.55 Å². The normalized spacial score (nSPS) is 13.4. The molecule has 0 amide bonds. The van der Waals surface area contributed by atoms with Crippen LogP contribution in [0.3, 0.4) is 0 Å². The highest BCUT2D eigenvalue weighted by atomic mass is 15.3. The molecule has 4 aromatic rings. The Morgan fingerprint density at radius 1 is 0.621 bits per heavy atom. The Kier molecular flexibility index (Phi) is 4.62. The predicted octanol–water partition coefficient (Wildman–Crippen LogP) is 3.46. The van der Waals surface area contributed by atoms with Gasteiger partial charge < -0.3 is 9.62 Å². The number of nitrogens with zero attached hydrogens (tertiary/aromatic N) is 6. The monoisotopic (exact) mass is 377 g/mol. The highest BCUT2D eigenvalue weighted by Crippen LogP contribution is 2.26. The lowest BCUT2D eigenvalue weighted by molar-refractivity contribution is 0.994. The number of rotatable bonds is 4. The zero-order chi connectivity index (χ0) is 19.5. The average Bonchev–Trinajstić information content (AvgIpc) is 3.31. The maximum atomic E-state index is 4.56. The molecule has 1 aliphatic heterocycles. The van der Waals surface area contributed by atoms with E-state index in [1.807, 2.05) is 49.1 Å². The summed E-state index contributed by atoms with van der Waals surface area (Å²) in [5.41, 5.74) is 4.37. The molecule has 1 aliphatic rings. The SMILES string of the molecule is [B]1N(c2cc(-c3cccnc3)ccn2)CCN1c1cc(-c2cccnc2)ccn1. The van der Waals surface area contributed by atoms with Crippen LogP contribution in [0.25, 0.3) is 22.3 Å². The third-order valence-electron chi connectivity index (χ3n) is 4.93. The zero-order valence-electron chi connectivity index (χ0n) is 15.8. The van der Waals surface area contributed by atoms with Gasteiger partial charge in [-0.3, -0.25) is 9.97 Å². The van der Waals surface area contributed by atoms with Crippen LogP contribution in [0.2, 0.25) is 0 Å². The molecule has 7 heteroatoms. The maximum absolute atomic E-state index is 4.56. The molecule has 1 saturated heterocycles. The van der Waals surface area contributed by atoms with Crippen LogP contribution >= 0.6 is 0 Å². The minimum atomic E-state index is 0.849. The molecule has 6 nitrogen and oxygen atoms in total. The molecule has 0 spiro atoms. The van der Waals surface area contributed by atoms with Gasteiger partial charge in [0.25, 0.3) is 0 Å². The smallest absolute Gasteiger partial charge is 0.382 e. The van der Waals surface area contributed by atoms with Gasteiger partial charge in [0.1, 0.15) is 11.6 Å². The molecule has 0 atom stereocenters. The molecule has 0 aliphatic carbocycles. The van der Waals surface area contributed by atoms with Gasteiger partial charge in [0, 0.05) is 61.4 Å². The van der Waals surface area contributed by atoms with E-state index in [2.05, 4.69) is 61.4 Å². The van der Waals surface area contributed by atoms with Crippen molar-refractivity contribution in [2.75, 3.05) is 22.7 Å². The lowest BCUT2D eigenvalue weighted by Crippen LogP contribution is -2.30. The fourth-order valence-electron chi connectivity index (χ4n) is 3.42. The van der Waals surface area contributed by atoms with E-state index in [0.717, 1.165) is 47.0 Å². The van der Waals surface area contributed by atoms with Gasteiger partial charge in [-0.05, 0) is 47.5 Å². The van der Waals surface area contributed by atoms with Crippen LogP contribution in [0.1, 0.15) is 0 Å². The van der Waals surface area contributed by atoms with E-state index < -0.39 is 0 Å². The van der Waals surface area contributed by atoms with Crippen molar-refractivity contribution >= 4 is 19.2 Å². The number of hydrogen-bond acceptors (Lipinski definition) is 6. The zero-order valence-corrected chi connectivity index (χ0v) is 15.8. The minimum absolute atomic E-state index is 0.849. The number of pyridine rings is 4. The van der Waals surface area contributed by atoms with Crippen molar-refractivity contribution in [3.8, 4) is 22.3 Å². The topological polar surface area (TPSA) is 58.0 Å². The van der Waals surface area contributed by atoms with Crippen molar-refractivity contribution < 1.29 is 0 Å². The fourth-order valence-corrected chi connectivity index (χ4v) is 3.42. The second-order valence-corrected chi connectivity index (χ2v) is 6.79. The summed E-state index contributed by atoms with van der Waals surface area (Å²) in [6, 6.07) is 16.2. The summed E-state index contributed by atoms with van der Waals surface area (Å²) in [6.07, 6.45) is 11.0. The van der Waals surface area contributed by atoms with Crippen molar-refractivity contribution in [2.24, 2.45) is 0 Å². The van der Waals surface area contributed by atoms with Gasteiger partial charge in [-0.15, -0.1) is 0 Å². The van der Waals surface area contributed by atoms with Crippen molar-refractivity contribution in [1.82, 2.24) is 19.9 Å². The summed E-state index contributed by atoms with van der Waals surface area (Å²) >= 11 is 0. The quantitative estimate of drug-likeness (QED) is 0.508. The van der Waals surface area contributed by atoms with Gasteiger partial charge in [0.15, 0.2) is 0 Å². The molecule has 29 heavy (non-hydrogen) atoms. The van der Waals surface area contributed by atoms with Crippen LogP contribution in [0.15, 0.2) is 85.7 Å². The van der Waals surface area contributed by atoms with Gasteiger partial charge in [-0.1, -0.05) is 12.1 Å². The van der Waals surface area contributed by atoms with E-state index in [1.165, 1.54) is 0 Å². The van der Waals surface area contributed by atoms with E-state index in [-0.39, 0.29) is 0 Å². The molecule has 0 bridgehead atoms. The first-order valence-corrected chi connectivity index (χ1v) is 9.48. The molecular weight excluding hydrogens is 359 g/mol. The molecular formula is C22H18BN6. The van der Waals surface area contributed by atoms with Gasteiger partial charge in [-0.2, -0.15) is 0 Å². The Bertz CT molecular complexity index is 1020. The Hall–Kier alpha value is -3.74. The molecule has 5 rings (SSSR count). The molecule has 1 fully saturated rings. The molecule has 1 radical (unpaired) electrons. The maximum Gasteiger partial charge on any atom is 0.394 e. The molecule has 0 aromatic carbocycles. The van der Waals surface area contributed by atoms with Crippen molar-refractivity contribution in [3.63, 3.8) is 0 Å². The van der Waals surface area contributed by atoms with E-state index in [1.54, 1.807) is 12.4 Å². The summed E-state index contributed by atoms with van der Waals surface area (Å²) in [5, 5.41) is 0. The van der Waals surface area contributed by atoms with Crippen LogP contribution in [0.4, 0.5) is 11.6 Å². The molecule has 0 N–H and O–H groups in total. The van der Waals surface area contributed by atoms with E-state index >= 15 is 0 Å². The standard InChI is InChI=1S/C22H18BN6/c1-3-19(15-24-7-1)17-5-9-26-21(13-17)28-11-12-29(23-28)22-14-18(6-10-27-22)20-4-2-8-25-16-20/h1-10,13-16H,11-12H2. The lowest BCUT2D eigenvalue weighted by atomic mass is 10.0. The van der Waals surface area contributed by atoms with Crippen molar-refractivity contribution in [3.05, 3.63) is 85.7 Å². The molecule has 5 heterocycles. The molecule has 0 unspecified atom stereocenters.